The number of amides is 1. The summed E-state index contributed by atoms with van der Waals surface area (Å²) in [6.07, 6.45) is 3.72. The summed E-state index contributed by atoms with van der Waals surface area (Å²) in [6.45, 7) is 2.60. The molecule has 0 saturated heterocycles. The molecule has 0 unspecified atom stereocenters. The minimum atomic E-state index is -3.67. The zero-order valence-corrected chi connectivity index (χ0v) is 12.5. The number of aromatic nitrogens is 1. The number of nitrogens with one attached hydrogen (secondary N) is 3. The molecule has 3 N–H and O–H groups in total. The number of pyridine rings is 1. The van der Waals surface area contributed by atoms with Gasteiger partial charge in [-0.3, -0.25) is 9.78 Å². The molecule has 112 valence electrons. The average Bonchev–Trinajstić information content (AvgIpc) is 2.44. The van der Waals surface area contributed by atoms with Crippen molar-refractivity contribution in [1.82, 2.24) is 15.0 Å². The summed E-state index contributed by atoms with van der Waals surface area (Å²) in [4.78, 5) is 15.2. The summed E-state index contributed by atoms with van der Waals surface area (Å²) >= 11 is 0. The van der Waals surface area contributed by atoms with E-state index in [9.17, 15) is 13.2 Å². The number of nitrogens with zero attached hydrogens (tertiary/aromatic N) is 1. The first-order valence-corrected chi connectivity index (χ1v) is 7.87. The number of hydrogen-bond acceptors (Lipinski definition) is 5. The minimum absolute atomic E-state index is 0.0515. The second-order valence-corrected chi connectivity index (χ2v) is 5.85. The summed E-state index contributed by atoms with van der Waals surface area (Å²) in [7, 11) is -2.04. The Bertz CT molecular complexity index is 545. The fraction of sp³-hybridized carbons (Fsp3) is 0.500. The molecule has 0 bridgehead atoms. The van der Waals surface area contributed by atoms with Gasteiger partial charge >= 0.3 is 0 Å². The molecule has 0 fully saturated rings. The fourth-order valence-corrected chi connectivity index (χ4v) is 2.72. The lowest BCUT2D eigenvalue weighted by Gasteiger charge is -2.10. The summed E-state index contributed by atoms with van der Waals surface area (Å²) < 4.78 is 26.6. The topological polar surface area (TPSA) is 100 Å². The highest BCUT2D eigenvalue weighted by atomic mass is 32.2. The Morgan fingerprint density at radius 3 is 2.75 bits per heavy atom. The Hall–Kier alpha value is -1.67. The van der Waals surface area contributed by atoms with Gasteiger partial charge in [0.05, 0.1) is 5.69 Å². The molecule has 8 heteroatoms. The van der Waals surface area contributed by atoms with Crippen LogP contribution in [-0.4, -0.2) is 39.4 Å². The first-order valence-electron chi connectivity index (χ1n) is 6.39. The van der Waals surface area contributed by atoms with Crippen molar-refractivity contribution in [3.05, 3.63) is 18.5 Å². The maximum absolute atomic E-state index is 12.1. The molecule has 1 amide bonds. The van der Waals surface area contributed by atoms with Gasteiger partial charge in [-0.1, -0.05) is 6.92 Å². The Balaban J connectivity index is 2.60. The lowest BCUT2D eigenvalue weighted by atomic mass is 10.4. The van der Waals surface area contributed by atoms with Gasteiger partial charge in [-0.05, 0) is 12.5 Å². The summed E-state index contributed by atoms with van der Waals surface area (Å²) in [6, 6.07) is 1.57. The zero-order valence-electron chi connectivity index (χ0n) is 11.6. The van der Waals surface area contributed by atoms with Gasteiger partial charge in [-0.2, -0.15) is 0 Å². The molecule has 1 heterocycles. The Morgan fingerprint density at radius 1 is 1.35 bits per heavy atom. The molecular weight excluding hydrogens is 280 g/mol. The molecule has 0 atom stereocenters. The van der Waals surface area contributed by atoms with Gasteiger partial charge in [-0.25, -0.2) is 13.1 Å². The fourth-order valence-electron chi connectivity index (χ4n) is 1.53. The van der Waals surface area contributed by atoms with E-state index in [4.69, 9.17) is 0 Å². The van der Waals surface area contributed by atoms with Crippen LogP contribution in [0.3, 0.4) is 0 Å². The van der Waals surface area contributed by atoms with Crippen molar-refractivity contribution in [1.29, 1.82) is 0 Å². The quantitative estimate of drug-likeness (QED) is 0.642. The molecule has 0 saturated carbocycles. The predicted molar refractivity (Wildman–Crippen MR) is 76.9 cm³/mol. The number of hydrogen-bond donors (Lipinski definition) is 3. The van der Waals surface area contributed by atoms with Crippen molar-refractivity contribution in [2.75, 3.05) is 25.5 Å². The second kappa shape index (κ2) is 7.81. The molecule has 0 aromatic carbocycles. The van der Waals surface area contributed by atoms with Crippen LogP contribution in [0.2, 0.25) is 0 Å². The van der Waals surface area contributed by atoms with Crippen molar-refractivity contribution >= 4 is 21.6 Å². The van der Waals surface area contributed by atoms with E-state index in [1.807, 2.05) is 6.92 Å². The third-order valence-corrected chi connectivity index (χ3v) is 4.05. The molecule has 1 rings (SSSR count). The SMILES string of the molecule is CCCNC(=O)CCNS(=O)(=O)c1cnccc1NC. The Labute approximate surface area is 119 Å². The second-order valence-electron chi connectivity index (χ2n) is 4.12. The monoisotopic (exact) mass is 300 g/mol. The summed E-state index contributed by atoms with van der Waals surface area (Å²) in [5, 5.41) is 5.47. The van der Waals surface area contributed by atoms with Gasteiger partial charge in [0.1, 0.15) is 4.90 Å². The zero-order chi connectivity index (χ0) is 15.0. The van der Waals surface area contributed by atoms with E-state index in [2.05, 4.69) is 20.3 Å². The van der Waals surface area contributed by atoms with Gasteiger partial charge < -0.3 is 10.6 Å². The van der Waals surface area contributed by atoms with Crippen LogP contribution in [0.25, 0.3) is 0 Å². The van der Waals surface area contributed by atoms with Crippen molar-refractivity contribution in [2.45, 2.75) is 24.7 Å². The van der Waals surface area contributed by atoms with Crippen LogP contribution in [-0.2, 0) is 14.8 Å². The van der Waals surface area contributed by atoms with E-state index in [1.165, 1.54) is 12.4 Å². The van der Waals surface area contributed by atoms with E-state index < -0.39 is 10.0 Å². The van der Waals surface area contributed by atoms with Gasteiger partial charge in [0, 0.05) is 39.0 Å². The van der Waals surface area contributed by atoms with E-state index in [1.54, 1.807) is 13.1 Å². The van der Waals surface area contributed by atoms with Gasteiger partial charge in [-0.15, -0.1) is 0 Å². The number of carbonyl (C=O) groups is 1. The maximum Gasteiger partial charge on any atom is 0.244 e. The minimum Gasteiger partial charge on any atom is -0.387 e. The first-order chi connectivity index (χ1) is 9.51. The lowest BCUT2D eigenvalue weighted by Crippen LogP contribution is -2.31. The van der Waals surface area contributed by atoms with E-state index >= 15 is 0 Å². The molecule has 0 radical (unpaired) electrons. The number of rotatable bonds is 8. The van der Waals surface area contributed by atoms with Crippen LogP contribution in [0, 0.1) is 0 Å². The normalized spacial score (nSPS) is 11.1. The largest absolute Gasteiger partial charge is 0.387 e. The number of sulfonamides is 1. The van der Waals surface area contributed by atoms with Crippen molar-refractivity contribution in [3.8, 4) is 0 Å². The van der Waals surface area contributed by atoms with Crippen LogP contribution < -0.4 is 15.4 Å². The molecule has 0 spiro atoms. The molecular formula is C12H20N4O3S. The maximum atomic E-state index is 12.1. The smallest absolute Gasteiger partial charge is 0.244 e. The van der Waals surface area contributed by atoms with Crippen molar-refractivity contribution < 1.29 is 13.2 Å². The van der Waals surface area contributed by atoms with E-state index in [-0.39, 0.29) is 23.8 Å². The lowest BCUT2D eigenvalue weighted by molar-refractivity contribution is -0.120. The molecule has 1 aromatic heterocycles. The van der Waals surface area contributed by atoms with Crippen LogP contribution in [0.1, 0.15) is 19.8 Å². The molecule has 1 aromatic rings. The van der Waals surface area contributed by atoms with Crippen LogP contribution >= 0.6 is 0 Å². The first kappa shape index (κ1) is 16.4. The van der Waals surface area contributed by atoms with E-state index in [0.717, 1.165) is 6.42 Å². The number of anilines is 1. The van der Waals surface area contributed by atoms with Crippen molar-refractivity contribution in [2.24, 2.45) is 0 Å². The highest BCUT2D eigenvalue weighted by Gasteiger charge is 2.18. The van der Waals surface area contributed by atoms with E-state index in [0.29, 0.717) is 12.2 Å². The molecule has 7 nitrogen and oxygen atoms in total. The third-order valence-electron chi connectivity index (χ3n) is 2.56. The van der Waals surface area contributed by atoms with Crippen LogP contribution in [0.5, 0.6) is 0 Å². The Morgan fingerprint density at radius 2 is 2.10 bits per heavy atom. The highest BCUT2D eigenvalue weighted by molar-refractivity contribution is 7.89. The van der Waals surface area contributed by atoms with Crippen molar-refractivity contribution in [3.63, 3.8) is 0 Å². The molecule has 0 aliphatic carbocycles. The highest BCUT2D eigenvalue weighted by Crippen LogP contribution is 2.18. The average molecular weight is 300 g/mol. The molecule has 0 aliphatic rings. The summed E-state index contributed by atoms with van der Waals surface area (Å²) in [5.41, 5.74) is 0.461. The van der Waals surface area contributed by atoms with Crippen LogP contribution in [0.15, 0.2) is 23.4 Å². The summed E-state index contributed by atoms with van der Waals surface area (Å²) in [5.74, 6) is -0.172. The van der Waals surface area contributed by atoms with Gasteiger partial charge in [0.15, 0.2) is 0 Å². The molecule has 20 heavy (non-hydrogen) atoms. The third kappa shape index (κ3) is 4.78. The number of carbonyl (C=O) groups excluding carboxylic acids is 1. The molecule has 0 aliphatic heterocycles. The standard InChI is InChI=1S/C12H20N4O3S/c1-3-6-15-12(17)5-8-16-20(18,19)11-9-14-7-4-10(11)13-2/h4,7,9,16H,3,5-6,8H2,1-2H3,(H,13,14)(H,15,17). The Kier molecular flexibility index (Phi) is 6.40. The van der Waals surface area contributed by atoms with Gasteiger partial charge in [0.2, 0.25) is 15.9 Å². The predicted octanol–water partition coefficient (Wildman–Crippen LogP) is 0.318. The van der Waals surface area contributed by atoms with Crippen LogP contribution in [0.4, 0.5) is 5.69 Å². The van der Waals surface area contributed by atoms with Gasteiger partial charge in [0.25, 0.3) is 0 Å².